The number of guanidine groups is 1. The van der Waals surface area contributed by atoms with Crippen molar-refractivity contribution in [1.82, 2.24) is 10.6 Å². The van der Waals surface area contributed by atoms with Crippen molar-refractivity contribution in [2.75, 3.05) is 18.9 Å². The number of aryl methyl sites for hydroxylation is 1. The molecule has 3 N–H and O–H groups in total. The van der Waals surface area contributed by atoms with E-state index >= 15 is 0 Å². The molecule has 0 spiro atoms. The number of anilines is 1. The van der Waals surface area contributed by atoms with Crippen LogP contribution in [0.15, 0.2) is 58.0 Å². The van der Waals surface area contributed by atoms with Gasteiger partial charge in [-0.15, -0.1) is 0 Å². The Kier molecular flexibility index (Phi) is 6.81. The molecule has 0 aromatic heterocycles. The number of aliphatic imine (C=N–C) groups is 1. The molecule has 126 valence electrons. The van der Waals surface area contributed by atoms with Gasteiger partial charge < -0.3 is 16.0 Å². The summed E-state index contributed by atoms with van der Waals surface area (Å²) in [5, 5.41) is 9.08. The summed E-state index contributed by atoms with van der Waals surface area (Å²) >= 11 is 3.41. The molecule has 0 fully saturated rings. The van der Waals surface area contributed by atoms with Gasteiger partial charge in [-0.3, -0.25) is 9.79 Å². The minimum absolute atomic E-state index is 0.126. The molecular formula is C18H21BrN4O. The maximum atomic E-state index is 12.1. The highest BCUT2D eigenvalue weighted by Crippen LogP contribution is 2.20. The molecule has 0 atom stereocenters. The minimum Gasteiger partial charge on any atom is -0.352 e. The minimum atomic E-state index is -0.126. The van der Waals surface area contributed by atoms with Gasteiger partial charge in [-0.25, -0.2) is 0 Å². The molecule has 0 radical (unpaired) electrons. The Balaban J connectivity index is 1.82. The predicted octanol–water partition coefficient (Wildman–Crippen LogP) is 3.06. The van der Waals surface area contributed by atoms with Crippen LogP contribution >= 0.6 is 15.9 Å². The zero-order chi connectivity index (χ0) is 17.4. The van der Waals surface area contributed by atoms with Crippen LogP contribution in [0.1, 0.15) is 11.1 Å². The fourth-order valence-electron chi connectivity index (χ4n) is 2.09. The van der Waals surface area contributed by atoms with Gasteiger partial charge in [0.25, 0.3) is 0 Å². The van der Waals surface area contributed by atoms with Gasteiger partial charge in [0.05, 0.1) is 6.54 Å². The maximum absolute atomic E-state index is 12.1. The van der Waals surface area contributed by atoms with Crippen LogP contribution in [0, 0.1) is 6.92 Å². The lowest BCUT2D eigenvalue weighted by Crippen LogP contribution is -2.41. The average molecular weight is 389 g/mol. The summed E-state index contributed by atoms with van der Waals surface area (Å²) in [7, 11) is 1.68. The van der Waals surface area contributed by atoms with Crippen molar-refractivity contribution in [3.63, 3.8) is 0 Å². The van der Waals surface area contributed by atoms with Crippen molar-refractivity contribution in [3.8, 4) is 0 Å². The molecule has 0 aliphatic rings. The van der Waals surface area contributed by atoms with Crippen LogP contribution in [0.4, 0.5) is 5.69 Å². The lowest BCUT2D eigenvalue weighted by molar-refractivity contribution is -0.115. The molecular weight excluding hydrogens is 368 g/mol. The van der Waals surface area contributed by atoms with E-state index < -0.39 is 0 Å². The van der Waals surface area contributed by atoms with Crippen molar-refractivity contribution < 1.29 is 4.79 Å². The summed E-state index contributed by atoms with van der Waals surface area (Å²) in [5.74, 6) is 0.457. The number of hydrogen-bond donors (Lipinski definition) is 3. The SMILES string of the molecule is CN=C(NCC(=O)Nc1cc(Br)ccc1C)NCc1ccccc1. The second kappa shape index (κ2) is 9.08. The van der Waals surface area contributed by atoms with Crippen molar-refractivity contribution in [1.29, 1.82) is 0 Å². The van der Waals surface area contributed by atoms with E-state index in [0.29, 0.717) is 12.5 Å². The fourth-order valence-corrected chi connectivity index (χ4v) is 2.45. The van der Waals surface area contributed by atoms with Crippen LogP contribution in [0.5, 0.6) is 0 Å². The van der Waals surface area contributed by atoms with Gasteiger partial charge in [-0.1, -0.05) is 52.3 Å². The van der Waals surface area contributed by atoms with Crippen LogP contribution in [-0.2, 0) is 11.3 Å². The van der Waals surface area contributed by atoms with Crippen LogP contribution in [0.2, 0.25) is 0 Å². The summed E-state index contributed by atoms with van der Waals surface area (Å²) in [4.78, 5) is 16.2. The largest absolute Gasteiger partial charge is 0.352 e. The predicted molar refractivity (Wildman–Crippen MR) is 102 cm³/mol. The van der Waals surface area contributed by atoms with E-state index in [9.17, 15) is 4.79 Å². The fraction of sp³-hybridized carbons (Fsp3) is 0.222. The second-order valence-corrected chi connectivity index (χ2v) is 6.19. The van der Waals surface area contributed by atoms with E-state index in [0.717, 1.165) is 21.3 Å². The molecule has 0 unspecified atom stereocenters. The Morgan fingerprint density at radius 2 is 1.88 bits per heavy atom. The third kappa shape index (κ3) is 5.70. The number of hydrogen-bond acceptors (Lipinski definition) is 2. The first-order chi connectivity index (χ1) is 11.6. The Hall–Kier alpha value is -2.34. The van der Waals surface area contributed by atoms with Gasteiger partial charge in [0, 0.05) is 23.8 Å². The van der Waals surface area contributed by atoms with E-state index in [1.807, 2.05) is 55.5 Å². The van der Waals surface area contributed by atoms with Gasteiger partial charge in [-0.2, -0.15) is 0 Å². The van der Waals surface area contributed by atoms with Crippen LogP contribution in [-0.4, -0.2) is 25.5 Å². The van der Waals surface area contributed by atoms with Crippen molar-refractivity contribution >= 4 is 33.5 Å². The normalized spacial score (nSPS) is 11.0. The Labute approximate surface area is 150 Å². The quantitative estimate of drug-likeness (QED) is 0.544. The molecule has 2 aromatic carbocycles. The first-order valence-corrected chi connectivity index (χ1v) is 8.42. The third-order valence-corrected chi connectivity index (χ3v) is 3.91. The first-order valence-electron chi connectivity index (χ1n) is 7.63. The molecule has 2 rings (SSSR count). The number of nitrogens with zero attached hydrogens (tertiary/aromatic N) is 1. The molecule has 0 bridgehead atoms. The van der Waals surface area contributed by atoms with E-state index in [2.05, 4.69) is 36.9 Å². The number of amides is 1. The number of carbonyl (C=O) groups is 1. The van der Waals surface area contributed by atoms with E-state index in [1.165, 1.54) is 0 Å². The topological polar surface area (TPSA) is 65.5 Å². The van der Waals surface area contributed by atoms with Crippen molar-refractivity contribution in [2.24, 2.45) is 4.99 Å². The first kappa shape index (κ1) is 18.0. The van der Waals surface area contributed by atoms with Crippen molar-refractivity contribution in [2.45, 2.75) is 13.5 Å². The molecule has 2 aromatic rings. The molecule has 0 saturated carbocycles. The second-order valence-electron chi connectivity index (χ2n) is 5.27. The van der Waals surface area contributed by atoms with Crippen molar-refractivity contribution in [3.05, 3.63) is 64.1 Å². The number of benzene rings is 2. The lowest BCUT2D eigenvalue weighted by atomic mass is 10.2. The molecule has 1 amide bonds. The van der Waals surface area contributed by atoms with Gasteiger partial charge in [-0.05, 0) is 30.2 Å². The number of halogens is 1. The summed E-state index contributed by atoms with van der Waals surface area (Å²) in [5.41, 5.74) is 2.95. The zero-order valence-electron chi connectivity index (χ0n) is 13.8. The van der Waals surface area contributed by atoms with E-state index in [1.54, 1.807) is 7.05 Å². The maximum Gasteiger partial charge on any atom is 0.243 e. The Morgan fingerprint density at radius 1 is 1.12 bits per heavy atom. The van der Waals surface area contributed by atoms with Gasteiger partial charge >= 0.3 is 0 Å². The molecule has 0 heterocycles. The zero-order valence-corrected chi connectivity index (χ0v) is 15.4. The average Bonchev–Trinajstić information content (AvgIpc) is 2.59. The van der Waals surface area contributed by atoms with Gasteiger partial charge in [0.15, 0.2) is 5.96 Å². The number of nitrogens with one attached hydrogen (secondary N) is 3. The van der Waals surface area contributed by atoms with Crippen LogP contribution in [0.3, 0.4) is 0 Å². The molecule has 0 aliphatic heterocycles. The molecule has 0 aliphatic carbocycles. The smallest absolute Gasteiger partial charge is 0.243 e. The Morgan fingerprint density at radius 3 is 2.58 bits per heavy atom. The van der Waals surface area contributed by atoms with Gasteiger partial charge in [0.1, 0.15) is 0 Å². The monoisotopic (exact) mass is 388 g/mol. The van der Waals surface area contributed by atoms with E-state index in [-0.39, 0.29) is 12.5 Å². The van der Waals surface area contributed by atoms with Crippen LogP contribution < -0.4 is 16.0 Å². The summed E-state index contributed by atoms with van der Waals surface area (Å²) in [6.07, 6.45) is 0. The third-order valence-electron chi connectivity index (χ3n) is 3.42. The number of carbonyl (C=O) groups excluding carboxylic acids is 1. The molecule has 5 nitrogen and oxygen atoms in total. The van der Waals surface area contributed by atoms with Gasteiger partial charge in [0.2, 0.25) is 5.91 Å². The molecule has 24 heavy (non-hydrogen) atoms. The number of rotatable bonds is 5. The highest BCUT2D eigenvalue weighted by Gasteiger charge is 2.06. The van der Waals surface area contributed by atoms with Crippen LogP contribution in [0.25, 0.3) is 0 Å². The highest BCUT2D eigenvalue weighted by atomic mass is 79.9. The standard InChI is InChI=1S/C18H21BrN4O/c1-13-8-9-15(19)10-16(13)23-17(24)12-22-18(20-2)21-11-14-6-4-3-5-7-14/h3-10H,11-12H2,1-2H3,(H,23,24)(H2,20,21,22). The molecule has 6 heteroatoms. The summed E-state index contributed by atoms with van der Waals surface area (Å²) < 4.78 is 0.927. The lowest BCUT2D eigenvalue weighted by Gasteiger charge is -2.13. The van der Waals surface area contributed by atoms with E-state index in [4.69, 9.17) is 0 Å². The Bertz CT molecular complexity index is 716. The summed E-state index contributed by atoms with van der Waals surface area (Å²) in [6.45, 7) is 2.74. The molecule has 0 saturated heterocycles. The summed E-state index contributed by atoms with van der Waals surface area (Å²) in [6, 6.07) is 15.8. The highest BCUT2D eigenvalue weighted by molar-refractivity contribution is 9.10.